The van der Waals surface area contributed by atoms with Gasteiger partial charge in [0.2, 0.25) is 0 Å². The maximum atomic E-state index is 11.7. The molecule has 0 aliphatic heterocycles. The quantitative estimate of drug-likeness (QED) is 0.628. The van der Waals surface area contributed by atoms with E-state index in [4.69, 9.17) is 17.3 Å². The molecule has 0 radical (unpaired) electrons. The Morgan fingerprint density at radius 1 is 1.50 bits per heavy atom. The van der Waals surface area contributed by atoms with Gasteiger partial charge in [0, 0.05) is 6.54 Å². The average Bonchev–Trinajstić information content (AvgIpc) is 2.21. The van der Waals surface area contributed by atoms with E-state index in [0.717, 1.165) is 5.57 Å². The van der Waals surface area contributed by atoms with Crippen LogP contribution in [0.4, 0.5) is 5.69 Å². The average molecular weight is 239 g/mol. The third-order valence-corrected chi connectivity index (χ3v) is 2.47. The van der Waals surface area contributed by atoms with Crippen molar-refractivity contribution < 1.29 is 4.79 Å². The summed E-state index contributed by atoms with van der Waals surface area (Å²) in [6.45, 7) is 4.44. The van der Waals surface area contributed by atoms with Gasteiger partial charge in [0.25, 0.3) is 5.91 Å². The fraction of sp³-hybridized carbons (Fsp3) is 0.250. The Morgan fingerprint density at radius 2 is 2.19 bits per heavy atom. The van der Waals surface area contributed by atoms with Crippen molar-refractivity contribution in [2.75, 3.05) is 12.3 Å². The molecule has 0 heterocycles. The van der Waals surface area contributed by atoms with Crippen molar-refractivity contribution in [3.05, 3.63) is 40.4 Å². The number of hydrogen-bond donors (Lipinski definition) is 2. The first kappa shape index (κ1) is 12.6. The lowest BCUT2D eigenvalue weighted by Gasteiger charge is -2.06. The first-order valence-electron chi connectivity index (χ1n) is 4.98. The normalized spacial score (nSPS) is 9.69. The van der Waals surface area contributed by atoms with Gasteiger partial charge in [0.15, 0.2) is 0 Å². The summed E-state index contributed by atoms with van der Waals surface area (Å²) in [6, 6.07) is 5.02. The molecule has 0 aromatic heterocycles. The van der Waals surface area contributed by atoms with E-state index in [1.54, 1.807) is 18.2 Å². The van der Waals surface area contributed by atoms with Crippen LogP contribution in [0.15, 0.2) is 29.8 Å². The number of nitrogens with two attached hydrogens (primary N) is 1. The summed E-state index contributed by atoms with van der Waals surface area (Å²) in [6.07, 6.45) is 1.93. The van der Waals surface area contributed by atoms with Crippen LogP contribution in [0.5, 0.6) is 0 Å². The van der Waals surface area contributed by atoms with Gasteiger partial charge >= 0.3 is 0 Å². The molecule has 0 unspecified atom stereocenters. The summed E-state index contributed by atoms with van der Waals surface area (Å²) in [7, 11) is 0. The zero-order valence-electron chi connectivity index (χ0n) is 9.38. The van der Waals surface area contributed by atoms with Gasteiger partial charge in [0.1, 0.15) is 0 Å². The molecule has 1 rings (SSSR count). The molecule has 0 aliphatic carbocycles. The molecule has 1 amide bonds. The molecule has 0 bridgehead atoms. The number of halogens is 1. The number of rotatable bonds is 3. The minimum absolute atomic E-state index is 0.213. The summed E-state index contributed by atoms with van der Waals surface area (Å²) in [4.78, 5) is 11.7. The first-order chi connectivity index (χ1) is 7.52. The molecule has 86 valence electrons. The third kappa shape index (κ3) is 3.28. The topological polar surface area (TPSA) is 55.1 Å². The van der Waals surface area contributed by atoms with E-state index in [9.17, 15) is 4.79 Å². The minimum Gasteiger partial charge on any atom is -0.398 e. The van der Waals surface area contributed by atoms with E-state index in [0.29, 0.717) is 22.8 Å². The standard InChI is InChI=1S/C12H15ClN2O/c1-8(2)6-7-15-12(16)9-4-3-5-10(14)11(9)13/h3-6H,7,14H2,1-2H3,(H,15,16). The van der Waals surface area contributed by atoms with E-state index in [1.165, 1.54) is 0 Å². The lowest BCUT2D eigenvalue weighted by molar-refractivity contribution is 0.0958. The number of hydrogen-bond acceptors (Lipinski definition) is 2. The van der Waals surface area contributed by atoms with E-state index in [-0.39, 0.29) is 5.91 Å². The smallest absolute Gasteiger partial charge is 0.253 e. The Bertz CT molecular complexity index is 423. The van der Waals surface area contributed by atoms with Gasteiger partial charge in [-0.3, -0.25) is 4.79 Å². The fourth-order valence-electron chi connectivity index (χ4n) is 1.17. The van der Waals surface area contributed by atoms with Crippen molar-refractivity contribution in [1.29, 1.82) is 0 Å². The van der Waals surface area contributed by atoms with E-state index < -0.39 is 0 Å². The predicted molar refractivity (Wildman–Crippen MR) is 67.6 cm³/mol. The Hall–Kier alpha value is -1.48. The number of anilines is 1. The number of nitrogen functional groups attached to an aromatic ring is 1. The van der Waals surface area contributed by atoms with Gasteiger partial charge in [-0.15, -0.1) is 0 Å². The molecular weight excluding hydrogens is 224 g/mol. The third-order valence-electron chi connectivity index (χ3n) is 2.05. The Labute approximate surface area is 100 Å². The molecule has 0 aliphatic rings. The number of carbonyl (C=O) groups is 1. The lowest BCUT2D eigenvalue weighted by atomic mass is 10.2. The van der Waals surface area contributed by atoms with Crippen LogP contribution < -0.4 is 11.1 Å². The van der Waals surface area contributed by atoms with Crippen molar-refractivity contribution in [3.63, 3.8) is 0 Å². The molecule has 3 nitrogen and oxygen atoms in total. The summed E-state index contributed by atoms with van der Waals surface area (Å²) in [5, 5.41) is 3.05. The molecule has 4 heteroatoms. The second-order valence-electron chi connectivity index (χ2n) is 3.70. The molecule has 1 aromatic rings. The van der Waals surface area contributed by atoms with Crippen molar-refractivity contribution in [2.45, 2.75) is 13.8 Å². The highest BCUT2D eigenvalue weighted by Gasteiger charge is 2.10. The van der Waals surface area contributed by atoms with Gasteiger partial charge in [0.05, 0.1) is 16.3 Å². The molecule has 0 fully saturated rings. The molecular formula is C12H15ClN2O. The van der Waals surface area contributed by atoms with E-state index in [1.807, 2.05) is 19.9 Å². The maximum Gasteiger partial charge on any atom is 0.253 e. The van der Waals surface area contributed by atoms with Crippen molar-refractivity contribution in [3.8, 4) is 0 Å². The number of carbonyl (C=O) groups excluding carboxylic acids is 1. The van der Waals surface area contributed by atoms with E-state index in [2.05, 4.69) is 5.32 Å². The summed E-state index contributed by atoms with van der Waals surface area (Å²) >= 11 is 5.93. The van der Waals surface area contributed by atoms with Gasteiger partial charge in [-0.2, -0.15) is 0 Å². The monoisotopic (exact) mass is 238 g/mol. The number of amides is 1. The largest absolute Gasteiger partial charge is 0.398 e. The number of nitrogens with one attached hydrogen (secondary N) is 1. The molecule has 3 N–H and O–H groups in total. The van der Waals surface area contributed by atoms with Crippen LogP contribution in [0.25, 0.3) is 0 Å². The highest BCUT2D eigenvalue weighted by molar-refractivity contribution is 6.36. The van der Waals surface area contributed by atoms with Gasteiger partial charge < -0.3 is 11.1 Å². The fourth-order valence-corrected chi connectivity index (χ4v) is 1.38. The Morgan fingerprint density at radius 3 is 2.81 bits per heavy atom. The summed E-state index contributed by atoms with van der Waals surface area (Å²) in [5.41, 5.74) is 7.58. The minimum atomic E-state index is -0.213. The highest BCUT2D eigenvalue weighted by atomic mass is 35.5. The maximum absolute atomic E-state index is 11.7. The van der Waals surface area contributed by atoms with Gasteiger partial charge in [-0.25, -0.2) is 0 Å². The predicted octanol–water partition coefficient (Wildman–Crippen LogP) is 2.62. The Balaban J connectivity index is 2.74. The molecule has 0 atom stereocenters. The first-order valence-corrected chi connectivity index (χ1v) is 5.35. The van der Waals surface area contributed by atoms with Crippen LogP contribution in [0.3, 0.4) is 0 Å². The van der Waals surface area contributed by atoms with Crippen molar-refractivity contribution in [1.82, 2.24) is 5.32 Å². The lowest BCUT2D eigenvalue weighted by Crippen LogP contribution is -2.24. The van der Waals surface area contributed by atoms with Gasteiger partial charge in [-0.05, 0) is 26.0 Å². The van der Waals surface area contributed by atoms with Crippen LogP contribution in [0.2, 0.25) is 5.02 Å². The summed E-state index contributed by atoms with van der Waals surface area (Å²) in [5.74, 6) is -0.213. The van der Waals surface area contributed by atoms with Crippen LogP contribution in [0, 0.1) is 0 Å². The molecule has 0 spiro atoms. The SMILES string of the molecule is CC(C)=CCNC(=O)c1cccc(N)c1Cl. The van der Waals surface area contributed by atoms with Crippen LogP contribution in [0.1, 0.15) is 24.2 Å². The summed E-state index contributed by atoms with van der Waals surface area (Å²) < 4.78 is 0. The zero-order chi connectivity index (χ0) is 12.1. The van der Waals surface area contributed by atoms with Crippen LogP contribution >= 0.6 is 11.6 Å². The van der Waals surface area contributed by atoms with Crippen LogP contribution in [-0.2, 0) is 0 Å². The Kier molecular flexibility index (Phi) is 4.38. The van der Waals surface area contributed by atoms with Crippen molar-refractivity contribution in [2.24, 2.45) is 0 Å². The number of allylic oxidation sites excluding steroid dienone is 1. The van der Waals surface area contributed by atoms with Crippen molar-refractivity contribution >= 4 is 23.2 Å². The molecule has 0 saturated heterocycles. The molecule has 1 aromatic carbocycles. The molecule has 16 heavy (non-hydrogen) atoms. The second kappa shape index (κ2) is 5.56. The molecule has 0 saturated carbocycles. The van der Waals surface area contributed by atoms with Gasteiger partial charge in [-0.1, -0.05) is 29.3 Å². The highest BCUT2D eigenvalue weighted by Crippen LogP contribution is 2.22. The van der Waals surface area contributed by atoms with Crippen LogP contribution in [-0.4, -0.2) is 12.5 Å². The second-order valence-corrected chi connectivity index (χ2v) is 4.08. The van der Waals surface area contributed by atoms with E-state index >= 15 is 0 Å². The zero-order valence-corrected chi connectivity index (χ0v) is 10.1. The number of benzene rings is 1.